The van der Waals surface area contributed by atoms with Crippen molar-refractivity contribution in [2.75, 3.05) is 52.0 Å². The Morgan fingerprint density at radius 1 is 1.13 bits per heavy atom. The van der Waals surface area contributed by atoms with Crippen molar-refractivity contribution < 1.29 is 14.3 Å². The van der Waals surface area contributed by atoms with Crippen LogP contribution in [0.1, 0.15) is 10.4 Å². The number of anilines is 3. The molecule has 0 radical (unpaired) electrons. The summed E-state index contributed by atoms with van der Waals surface area (Å²) < 4.78 is 10.3. The van der Waals surface area contributed by atoms with Crippen molar-refractivity contribution >= 4 is 23.4 Å². The number of pyridine rings is 1. The van der Waals surface area contributed by atoms with E-state index >= 15 is 0 Å². The second kappa shape index (κ2) is 10.4. The van der Waals surface area contributed by atoms with Gasteiger partial charge in [-0.3, -0.25) is 4.98 Å². The van der Waals surface area contributed by atoms with Gasteiger partial charge in [-0.2, -0.15) is 4.98 Å². The lowest BCUT2D eigenvalue weighted by Gasteiger charge is -2.15. The van der Waals surface area contributed by atoms with Gasteiger partial charge in [0, 0.05) is 37.1 Å². The maximum Gasteiger partial charge on any atom is 0.337 e. The molecule has 31 heavy (non-hydrogen) atoms. The number of hydrogen-bond donors (Lipinski definition) is 2. The normalized spacial score (nSPS) is 10.6. The largest absolute Gasteiger partial charge is 0.495 e. The van der Waals surface area contributed by atoms with E-state index in [1.54, 1.807) is 37.7 Å². The third-order valence-electron chi connectivity index (χ3n) is 4.41. The lowest BCUT2D eigenvalue weighted by Crippen LogP contribution is -2.21. The molecule has 3 rings (SSSR count). The zero-order chi connectivity index (χ0) is 22.2. The molecule has 9 nitrogen and oxygen atoms in total. The number of nitrogens with one attached hydrogen (secondary N) is 2. The summed E-state index contributed by atoms with van der Waals surface area (Å²) >= 11 is 0. The monoisotopic (exact) mass is 422 g/mol. The van der Waals surface area contributed by atoms with Crippen molar-refractivity contribution in [3.63, 3.8) is 0 Å². The SMILES string of the molecule is COC(=O)c1ccc(OC)c(Nc2cc(-c3cccnc3)nc(NCCN(C)C)n2)c1. The van der Waals surface area contributed by atoms with Gasteiger partial charge < -0.3 is 25.0 Å². The quantitative estimate of drug-likeness (QED) is 0.504. The Hall–Kier alpha value is -3.72. The Morgan fingerprint density at radius 2 is 1.97 bits per heavy atom. The van der Waals surface area contributed by atoms with Gasteiger partial charge in [0.2, 0.25) is 5.95 Å². The molecular formula is C22H26N6O3. The van der Waals surface area contributed by atoms with Gasteiger partial charge in [-0.15, -0.1) is 0 Å². The van der Waals surface area contributed by atoms with Gasteiger partial charge in [0.15, 0.2) is 0 Å². The van der Waals surface area contributed by atoms with Gasteiger partial charge in [-0.05, 0) is 44.4 Å². The summed E-state index contributed by atoms with van der Waals surface area (Å²) in [5.41, 5.74) is 2.55. The molecule has 0 amide bonds. The summed E-state index contributed by atoms with van der Waals surface area (Å²) in [7, 11) is 6.91. The number of methoxy groups -OCH3 is 2. The minimum atomic E-state index is -0.435. The van der Waals surface area contributed by atoms with E-state index in [4.69, 9.17) is 9.47 Å². The molecule has 1 aromatic carbocycles. The first-order valence-corrected chi connectivity index (χ1v) is 9.71. The van der Waals surface area contributed by atoms with Crippen molar-refractivity contribution in [2.24, 2.45) is 0 Å². The summed E-state index contributed by atoms with van der Waals surface area (Å²) in [5, 5.41) is 6.49. The molecule has 2 N–H and O–H groups in total. The van der Waals surface area contributed by atoms with Crippen LogP contribution < -0.4 is 15.4 Å². The number of likely N-dealkylation sites (N-methyl/N-ethyl adjacent to an activating group) is 1. The maximum atomic E-state index is 11.9. The molecular weight excluding hydrogens is 396 g/mol. The zero-order valence-electron chi connectivity index (χ0n) is 18.0. The van der Waals surface area contributed by atoms with Gasteiger partial charge >= 0.3 is 5.97 Å². The van der Waals surface area contributed by atoms with Crippen molar-refractivity contribution in [2.45, 2.75) is 0 Å². The summed E-state index contributed by atoms with van der Waals surface area (Å²) in [4.78, 5) is 27.4. The fourth-order valence-electron chi connectivity index (χ4n) is 2.83. The summed E-state index contributed by atoms with van der Waals surface area (Å²) in [6, 6.07) is 10.6. The van der Waals surface area contributed by atoms with Gasteiger partial charge in [-0.1, -0.05) is 0 Å². The second-order valence-corrected chi connectivity index (χ2v) is 6.97. The third-order valence-corrected chi connectivity index (χ3v) is 4.41. The number of aromatic nitrogens is 3. The second-order valence-electron chi connectivity index (χ2n) is 6.97. The highest BCUT2D eigenvalue weighted by atomic mass is 16.5. The van der Waals surface area contributed by atoms with Gasteiger partial charge in [0.1, 0.15) is 11.6 Å². The lowest BCUT2D eigenvalue weighted by atomic mass is 10.1. The summed E-state index contributed by atoms with van der Waals surface area (Å²) in [6.45, 7) is 1.52. The Balaban J connectivity index is 1.97. The number of carbonyl (C=O) groups excluding carboxylic acids is 1. The predicted molar refractivity (Wildman–Crippen MR) is 120 cm³/mol. The van der Waals surface area contributed by atoms with Crippen LogP contribution in [0.2, 0.25) is 0 Å². The van der Waals surface area contributed by atoms with Crippen LogP contribution >= 0.6 is 0 Å². The number of carbonyl (C=O) groups is 1. The Bertz CT molecular complexity index is 1030. The van der Waals surface area contributed by atoms with Crippen LogP contribution in [0, 0.1) is 0 Å². The number of benzene rings is 1. The number of nitrogens with zero attached hydrogens (tertiary/aromatic N) is 4. The molecule has 0 atom stereocenters. The number of hydrogen-bond acceptors (Lipinski definition) is 9. The molecule has 0 bridgehead atoms. The van der Waals surface area contributed by atoms with Crippen LogP contribution in [-0.4, -0.2) is 67.2 Å². The summed E-state index contributed by atoms with van der Waals surface area (Å²) in [5.74, 6) is 1.15. The zero-order valence-corrected chi connectivity index (χ0v) is 18.0. The van der Waals surface area contributed by atoms with Crippen LogP contribution in [0.4, 0.5) is 17.5 Å². The fraction of sp³-hybridized carbons (Fsp3) is 0.273. The highest BCUT2D eigenvalue weighted by molar-refractivity contribution is 5.91. The Labute approximate surface area is 181 Å². The molecule has 162 valence electrons. The Morgan fingerprint density at radius 3 is 2.65 bits per heavy atom. The highest BCUT2D eigenvalue weighted by Crippen LogP contribution is 2.30. The van der Waals surface area contributed by atoms with Crippen LogP contribution in [0.3, 0.4) is 0 Å². The van der Waals surface area contributed by atoms with Crippen LogP contribution in [-0.2, 0) is 4.74 Å². The number of rotatable bonds is 9. The molecule has 0 saturated heterocycles. The minimum Gasteiger partial charge on any atom is -0.495 e. The number of esters is 1. The molecule has 0 aliphatic carbocycles. The summed E-state index contributed by atoms with van der Waals surface area (Å²) in [6.07, 6.45) is 3.46. The highest BCUT2D eigenvalue weighted by Gasteiger charge is 2.13. The van der Waals surface area contributed by atoms with E-state index in [0.717, 1.165) is 12.1 Å². The molecule has 3 aromatic rings. The van der Waals surface area contributed by atoms with E-state index in [1.165, 1.54) is 7.11 Å². The molecule has 0 unspecified atom stereocenters. The van der Waals surface area contributed by atoms with Crippen LogP contribution in [0.15, 0.2) is 48.8 Å². The predicted octanol–water partition coefficient (Wildman–Crippen LogP) is 3.05. The average molecular weight is 422 g/mol. The molecule has 0 aliphatic heterocycles. The van der Waals surface area contributed by atoms with E-state index in [9.17, 15) is 4.79 Å². The van der Waals surface area contributed by atoms with Crippen molar-refractivity contribution in [1.29, 1.82) is 0 Å². The maximum absolute atomic E-state index is 11.9. The Kier molecular flexibility index (Phi) is 7.34. The molecule has 0 aliphatic rings. The first kappa shape index (κ1) is 22.0. The third kappa shape index (κ3) is 5.89. The molecule has 2 aromatic heterocycles. The molecule has 0 saturated carbocycles. The first-order chi connectivity index (χ1) is 15.0. The molecule has 0 fully saturated rings. The molecule has 2 heterocycles. The van der Waals surface area contributed by atoms with E-state index in [0.29, 0.717) is 41.0 Å². The van der Waals surface area contributed by atoms with Crippen LogP contribution in [0.25, 0.3) is 11.3 Å². The average Bonchev–Trinajstić information content (AvgIpc) is 2.78. The van der Waals surface area contributed by atoms with Crippen molar-refractivity contribution in [1.82, 2.24) is 19.9 Å². The van der Waals surface area contributed by atoms with E-state index in [2.05, 4.69) is 30.5 Å². The smallest absolute Gasteiger partial charge is 0.337 e. The van der Waals surface area contributed by atoms with E-state index in [1.807, 2.05) is 32.3 Å². The van der Waals surface area contributed by atoms with Crippen molar-refractivity contribution in [3.05, 3.63) is 54.4 Å². The standard InChI is InChI=1S/C22H26N6O3/c1-28(2)11-10-24-22-26-17(16-6-5-9-23-14-16)13-20(27-22)25-18-12-15(21(29)31-4)7-8-19(18)30-3/h5-9,12-14H,10-11H2,1-4H3,(H2,24,25,26,27). The topological polar surface area (TPSA) is 102 Å². The lowest BCUT2D eigenvalue weighted by molar-refractivity contribution is 0.0600. The fourth-order valence-corrected chi connectivity index (χ4v) is 2.83. The minimum absolute atomic E-state index is 0.400. The molecule has 9 heteroatoms. The number of ether oxygens (including phenoxy) is 2. The van der Waals surface area contributed by atoms with Gasteiger partial charge in [0.05, 0.1) is 31.2 Å². The van der Waals surface area contributed by atoms with E-state index in [-0.39, 0.29) is 0 Å². The van der Waals surface area contributed by atoms with Crippen molar-refractivity contribution in [3.8, 4) is 17.0 Å². The van der Waals surface area contributed by atoms with Crippen LogP contribution in [0.5, 0.6) is 5.75 Å². The first-order valence-electron chi connectivity index (χ1n) is 9.71. The van der Waals surface area contributed by atoms with Gasteiger partial charge in [-0.25, -0.2) is 9.78 Å². The van der Waals surface area contributed by atoms with E-state index < -0.39 is 5.97 Å². The molecule has 0 spiro atoms. The van der Waals surface area contributed by atoms with Gasteiger partial charge in [0.25, 0.3) is 0 Å².